The second-order valence-electron chi connectivity index (χ2n) is 3.26. The number of nitriles is 1. The smallest absolute Gasteiger partial charge is 0.160 e. The number of nitrogens with zero attached hydrogens (tertiary/aromatic N) is 1. The maximum absolute atomic E-state index is 11.2. The number of ketones is 1. The summed E-state index contributed by atoms with van der Waals surface area (Å²) in [5.41, 5.74) is 0.720. The Kier molecular flexibility index (Phi) is 1.32. The summed E-state index contributed by atoms with van der Waals surface area (Å²) in [5.74, 6) is 0.640. The minimum Gasteiger partial charge on any atom is -0.294 e. The lowest BCUT2D eigenvalue weighted by atomic mass is 9.95. The average Bonchev–Trinajstić information content (AvgIpc) is 2.54. The van der Waals surface area contributed by atoms with Crippen LogP contribution in [-0.2, 0) is 4.79 Å². The van der Waals surface area contributed by atoms with Crippen molar-refractivity contribution in [3.8, 4) is 6.07 Å². The van der Waals surface area contributed by atoms with E-state index in [1.807, 2.05) is 0 Å². The molecule has 11 heavy (non-hydrogen) atoms. The first kappa shape index (κ1) is 6.60. The summed E-state index contributed by atoms with van der Waals surface area (Å²) in [6, 6.07) is 2.11. The fourth-order valence-corrected chi connectivity index (χ4v) is 2.16. The normalized spacial score (nSPS) is 34.8. The molecule has 1 fully saturated rings. The molecule has 0 aromatic carbocycles. The summed E-state index contributed by atoms with van der Waals surface area (Å²) < 4.78 is 0. The molecule has 0 amide bonds. The molecule has 0 unspecified atom stereocenters. The maximum atomic E-state index is 11.2. The average molecular weight is 147 g/mol. The van der Waals surface area contributed by atoms with Crippen LogP contribution >= 0.6 is 0 Å². The fourth-order valence-electron chi connectivity index (χ4n) is 2.16. The minimum atomic E-state index is 0.171. The molecule has 2 atom stereocenters. The molecule has 0 bridgehead atoms. The van der Waals surface area contributed by atoms with E-state index < -0.39 is 0 Å². The predicted octanol–water partition coefficient (Wildman–Crippen LogP) is 1.44. The quantitative estimate of drug-likeness (QED) is 0.520. The van der Waals surface area contributed by atoms with E-state index in [0.717, 1.165) is 24.8 Å². The molecule has 0 aromatic rings. The highest BCUT2D eigenvalue weighted by atomic mass is 16.1. The summed E-state index contributed by atoms with van der Waals surface area (Å²) in [6.07, 6.45) is 4.68. The highest BCUT2D eigenvalue weighted by Gasteiger charge is 2.39. The summed E-state index contributed by atoms with van der Waals surface area (Å²) >= 11 is 0. The molecule has 0 saturated heterocycles. The van der Waals surface area contributed by atoms with Gasteiger partial charge in [-0.1, -0.05) is 6.42 Å². The Balaban J connectivity index is 2.32. The molecule has 0 radical (unpaired) electrons. The number of allylic oxidation sites excluding steroid dienone is 2. The van der Waals surface area contributed by atoms with E-state index >= 15 is 0 Å². The molecule has 2 heteroatoms. The van der Waals surface area contributed by atoms with Crippen LogP contribution in [0.4, 0.5) is 0 Å². The molecule has 2 rings (SSSR count). The van der Waals surface area contributed by atoms with Gasteiger partial charge < -0.3 is 0 Å². The van der Waals surface area contributed by atoms with Gasteiger partial charge in [-0.25, -0.2) is 0 Å². The highest BCUT2D eigenvalue weighted by molar-refractivity contribution is 5.96. The predicted molar refractivity (Wildman–Crippen MR) is 39.5 cm³/mol. The van der Waals surface area contributed by atoms with Crippen molar-refractivity contribution in [3.05, 3.63) is 11.6 Å². The van der Waals surface area contributed by atoms with Crippen LogP contribution in [-0.4, -0.2) is 5.78 Å². The van der Waals surface area contributed by atoms with Crippen LogP contribution in [0.5, 0.6) is 0 Å². The van der Waals surface area contributed by atoms with E-state index in [9.17, 15) is 4.79 Å². The number of carbonyl (C=O) groups is 1. The van der Waals surface area contributed by atoms with Gasteiger partial charge in [0.2, 0.25) is 0 Å². The van der Waals surface area contributed by atoms with Crippen molar-refractivity contribution < 1.29 is 4.79 Å². The second-order valence-corrected chi connectivity index (χ2v) is 3.26. The zero-order valence-electron chi connectivity index (χ0n) is 6.21. The van der Waals surface area contributed by atoms with Gasteiger partial charge >= 0.3 is 0 Å². The molecule has 2 aliphatic rings. The van der Waals surface area contributed by atoms with E-state index in [-0.39, 0.29) is 17.6 Å². The van der Waals surface area contributed by atoms with Crippen molar-refractivity contribution in [2.24, 2.45) is 11.8 Å². The summed E-state index contributed by atoms with van der Waals surface area (Å²) in [6.45, 7) is 0. The molecule has 0 aliphatic heterocycles. The van der Waals surface area contributed by atoms with Gasteiger partial charge in [-0.2, -0.15) is 5.26 Å². The first-order valence-electron chi connectivity index (χ1n) is 3.98. The molecular formula is C9H9NO. The van der Waals surface area contributed by atoms with Crippen molar-refractivity contribution in [1.82, 2.24) is 0 Å². The van der Waals surface area contributed by atoms with Gasteiger partial charge in [-0.3, -0.25) is 4.79 Å². The van der Waals surface area contributed by atoms with Gasteiger partial charge in [0, 0.05) is 17.4 Å². The number of rotatable bonds is 0. The van der Waals surface area contributed by atoms with Crippen molar-refractivity contribution in [2.45, 2.75) is 19.3 Å². The first-order valence-corrected chi connectivity index (χ1v) is 3.98. The Morgan fingerprint density at radius 1 is 1.45 bits per heavy atom. The lowest BCUT2D eigenvalue weighted by Crippen LogP contribution is -2.09. The molecule has 56 valence electrons. The Morgan fingerprint density at radius 2 is 2.18 bits per heavy atom. The van der Waals surface area contributed by atoms with Crippen LogP contribution in [0.3, 0.4) is 0 Å². The van der Waals surface area contributed by atoms with Crippen LogP contribution in [0.25, 0.3) is 0 Å². The second kappa shape index (κ2) is 2.20. The van der Waals surface area contributed by atoms with E-state index in [4.69, 9.17) is 5.26 Å². The van der Waals surface area contributed by atoms with Gasteiger partial charge in [0.25, 0.3) is 0 Å². The van der Waals surface area contributed by atoms with Gasteiger partial charge in [-0.05, 0) is 18.9 Å². The maximum Gasteiger partial charge on any atom is 0.160 e. The van der Waals surface area contributed by atoms with Crippen molar-refractivity contribution >= 4 is 5.78 Å². The lowest BCUT2D eigenvalue weighted by Gasteiger charge is -2.06. The van der Waals surface area contributed by atoms with Gasteiger partial charge in [0.1, 0.15) is 0 Å². The van der Waals surface area contributed by atoms with Gasteiger partial charge in [0.05, 0.1) is 6.07 Å². The van der Waals surface area contributed by atoms with E-state index in [1.54, 1.807) is 0 Å². The van der Waals surface area contributed by atoms with Crippen LogP contribution in [0.1, 0.15) is 19.3 Å². The number of fused-ring (bicyclic) bond motifs is 1. The fraction of sp³-hybridized carbons (Fsp3) is 0.556. The first-order chi connectivity index (χ1) is 5.33. The zero-order valence-corrected chi connectivity index (χ0v) is 6.21. The third kappa shape index (κ3) is 0.808. The third-order valence-corrected chi connectivity index (χ3v) is 2.71. The molecule has 0 spiro atoms. The summed E-state index contributed by atoms with van der Waals surface area (Å²) in [7, 11) is 0. The minimum absolute atomic E-state index is 0.171. The summed E-state index contributed by atoms with van der Waals surface area (Å²) in [5, 5.41) is 8.66. The molecular weight excluding hydrogens is 138 g/mol. The number of carbonyl (C=O) groups excluding carboxylic acids is 1. The van der Waals surface area contributed by atoms with E-state index in [0.29, 0.717) is 0 Å². The number of hydrogen-bond donors (Lipinski definition) is 0. The third-order valence-electron chi connectivity index (χ3n) is 2.71. The largest absolute Gasteiger partial charge is 0.294 e. The van der Waals surface area contributed by atoms with Crippen molar-refractivity contribution in [2.75, 3.05) is 0 Å². The van der Waals surface area contributed by atoms with Crippen molar-refractivity contribution in [1.29, 1.82) is 5.26 Å². The van der Waals surface area contributed by atoms with Gasteiger partial charge in [0.15, 0.2) is 5.78 Å². The SMILES string of the molecule is N#CC1=CC(=O)[C@@H]2CCC[C@H]12. The van der Waals surface area contributed by atoms with Crippen LogP contribution < -0.4 is 0 Å². The zero-order chi connectivity index (χ0) is 7.84. The van der Waals surface area contributed by atoms with E-state index in [2.05, 4.69) is 6.07 Å². The Morgan fingerprint density at radius 3 is 2.91 bits per heavy atom. The molecule has 1 saturated carbocycles. The Labute approximate surface area is 65.5 Å². The van der Waals surface area contributed by atoms with Crippen LogP contribution in [0.2, 0.25) is 0 Å². The Bertz CT molecular complexity index is 272. The Hall–Kier alpha value is -1.10. The van der Waals surface area contributed by atoms with E-state index in [1.165, 1.54) is 6.08 Å². The van der Waals surface area contributed by atoms with Crippen LogP contribution in [0.15, 0.2) is 11.6 Å². The van der Waals surface area contributed by atoms with Crippen LogP contribution in [0, 0.1) is 23.2 Å². The molecule has 0 N–H and O–H groups in total. The van der Waals surface area contributed by atoms with Gasteiger partial charge in [-0.15, -0.1) is 0 Å². The number of hydrogen-bond acceptors (Lipinski definition) is 2. The molecule has 0 heterocycles. The van der Waals surface area contributed by atoms with Crippen molar-refractivity contribution in [3.63, 3.8) is 0 Å². The topological polar surface area (TPSA) is 40.9 Å². The lowest BCUT2D eigenvalue weighted by molar-refractivity contribution is -0.117. The molecule has 2 aliphatic carbocycles. The standard InChI is InChI=1S/C9H9NO/c10-5-6-4-9(11)8-3-1-2-7(6)8/h4,7-8H,1-3H2/t7-,8-/m1/s1. The highest BCUT2D eigenvalue weighted by Crippen LogP contribution is 2.41. The monoisotopic (exact) mass is 147 g/mol. The molecule has 2 nitrogen and oxygen atoms in total. The molecule has 0 aromatic heterocycles. The summed E-state index contributed by atoms with van der Waals surface area (Å²) in [4.78, 5) is 11.2.